The first kappa shape index (κ1) is 17.3. The SMILES string of the molecule is O=S(=O)(N1CCCCC1)N1CCN(CC(O)c2cccs2)CC1. The van der Waals surface area contributed by atoms with E-state index in [1.165, 1.54) is 0 Å². The maximum absolute atomic E-state index is 12.6. The summed E-state index contributed by atoms with van der Waals surface area (Å²) in [6.45, 7) is 4.24. The minimum Gasteiger partial charge on any atom is -0.386 e. The van der Waals surface area contributed by atoms with Crippen LogP contribution in [0.4, 0.5) is 0 Å². The Balaban J connectivity index is 1.51. The molecule has 0 saturated carbocycles. The van der Waals surface area contributed by atoms with Crippen molar-refractivity contribution < 1.29 is 13.5 Å². The van der Waals surface area contributed by atoms with Gasteiger partial charge < -0.3 is 5.11 Å². The van der Waals surface area contributed by atoms with E-state index in [4.69, 9.17) is 0 Å². The summed E-state index contributed by atoms with van der Waals surface area (Å²) in [6.07, 6.45) is 2.57. The molecule has 3 heterocycles. The van der Waals surface area contributed by atoms with E-state index < -0.39 is 16.3 Å². The molecule has 130 valence electrons. The van der Waals surface area contributed by atoms with Crippen LogP contribution in [0.1, 0.15) is 30.2 Å². The van der Waals surface area contributed by atoms with Gasteiger partial charge in [0.15, 0.2) is 0 Å². The predicted octanol–water partition coefficient (Wildman–Crippen LogP) is 1.13. The van der Waals surface area contributed by atoms with Crippen LogP contribution in [0, 0.1) is 0 Å². The molecule has 1 aromatic rings. The van der Waals surface area contributed by atoms with Gasteiger partial charge in [-0.25, -0.2) is 0 Å². The van der Waals surface area contributed by atoms with E-state index in [1.54, 1.807) is 19.9 Å². The van der Waals surface area contributed by atoms with Gasteiger partial charge in [0.25, 0.3) is 10.2 Å². The van der Waals surface area contributed by atoms with Crippen molar-refractivity contribution in [2.75, 3.05) is 45.8 Å². The molecular formula is C15H25N3O3S2. The summed E-state index contributed by atoms with van der Waals surface area (Å²) in [5.41, 5.74) is 0. The molecule has 23 heavy (non-hydrogen) atoms. The zero-order valence-corrected chi connectivity index (χ0v) is 14.9. The molecule has 2 saturated heterocycles. The molecule has 2 fully saturated rings. The second kappa shape index (κ2) is 7.58. The average Bonchev–Trinajstić information content (AvgIpc) is 3.11. The van der Waals surface area contributed by atoms with Crippen LogP contribution in [0.2, 0.25) is 0 Å². The van der Waals surface area contributed by atoms with E-state index in [-0.39, 0.29) is 0 Å². The van der Waals surface area contributed by atoms with Gasteiger partial charge in [-0.15, -0.1) is 11.3 Å². The van der Waals surface area contributed by atoms with Crippen LogP contribution in [0.3, 0.4) is 0 Å². The lowest BCUT2D eigenvalue weighted by Crippen LogP contribution is -2.54. The second-order valence-corrected chi connectivity index (χ2v) is 9.11. The summed E-state index contributed by atoms with van der Waals surface area (Å²) < 4.78 is 28.5. The Morgan fingerprint density at radius 2 is 1.70 bits per heavy atom. The van der Waals surface area contributed by atoms with Crippen LogP contribution >= 0.6 is 11.3 Å². The zero-order valence-electron chi connectivity index (χ0n) is 13.3. The standard InChI is InChI=1S/C15H25N3O3S2/c19-14(15-5-4-12-22-15)13-16-8-10-18(11-9-16)23(20,21)17-6-2-1-3-7-17/h4-5,12,14,19H,1-3,6-11,13H2. The molecule has 1 N–H and O–H groups in total. The predicted molar refractivity (Wildman–Crippen MR) is 91.6 cm³/mol. The quantitative estimate of drug-likeness (QED) is 0.856. The van der Waals surface area contributed by atoms with Gasteiger partial charge in [0.05, 0.1) is 0 Å². The smallest absolute Gasteiger partial charge is 0.282 e. The van der Waals surface area contributed by atoms with Crippen LogP contribution in [-0.2, 0) is 10.2 Å². The van der Waals surface area contributed by atoms with Crippen molar-refractivity contribution >= 4 is 21.5 Å². The molecule has 0 aliphatic carbocycles. The monoisotopic (exact) mass is 359 g/mol. The summed E-state index contributed by atoms with van der Waals surface area (Å²) in [5.74, 6) is 0. The fourth-order valence-corrected chi connectivity index (χ4v) is 5.59. The molecule has 2 aliphatic rings. The third kappa shape index (κ3) is 4.12. The lowest BCUT2D eigenvalue weighted by atomic mass is 10.2. The fourth-order valence-electron chi connectivity index (χ4n) is 3.22. The molecule has 0 radical (unpaired) electrons. The van der Waals surface area contributed by atoms with Gasteiger partial charge in [-0.3, -0.25) is 4.90 Å². The van der Waals surface area contributed by atoms with Crippen LogP contribution < -0.4 is 0 Å². The fraction of sp³-hybridized carbons (Fsp3) is 0.733. The third-order valence-electron chi connectivity index (χ3n) is 4.60. The van der Waals surface area contributed by atoms with Crippen LogP contribution in [0.15, 0.2) is 17.5 Å². The number of thiophene rings is 1. The van der Waals surface area contributed by atoms with Gasteiger partial charge in [-0.2, -0.15) is 17.0 Å². The summed E-state index contributed by atoms with van der Waals surface area (Å²) in [7, 11) is -3.30. The van der Waals surface area contributed by atoms with Gasteiger partial charge in [-0.1, -0.05) is 12.5 Å². The second-order valence-electron chi connectivity index (χ2n) is 6.20. The Morgan fingerprint density at radius 3 is 2.30 bits per heavy atom. The average molecular weight is 360 g/mol. The molecule has 1 atom stereocenters. The van der Waals surface area contributed by atoms with E-state index in [9.17, 15) is 13.5 Å². The number of β-amino-alcohol motifs (C(OH)–C–C–N with tert-alkyl or cyclic N) is 1. The highest BCUT2D eigenvalue weighted by molar-refractivity contribution is 7.86. The zero-order chi connectivity index (χ0) is 16.3. The number of piperazine rings is 1. The van der Waals surface area contributed by atoms with Crippen molar-refractivity contribution in [2.45, 2.75) is 25.4 Å². The van der Waals surface area contributed by atoms with Crippen molar-refractivity contribution in [1.82, 2.24) is 13.5 Å². The largest absolute Gasteiger partial charge is 0.386 e. The Hall–Kier alpha value is -0.510. The molecule has 0 bridgehead atoms. The number of aliphatic hydroxyl groups is 1. The number of piperidine rings is 1. The van der Waals surface area contributed by atoms with E-state index >= 15 is 0 Å². The Morgan fingerprint density at radius 1 is 1.04 bits per heavy atom. The summed E-state index contributed by atoms with van der Waals surface area (Å²) in [5, 5.41) is 12.2. The Bertz CT molecular complexity index is 577. The maximum Gasteiger partial charge on any atom is 0.282 e. The molecule has 3 rings (SSSR count). The maximum atomic E-state index is 12.6. The highest BCUT2D eigenvalue weighted by Gasteiger charge is 2.33. The third-order valence-corrected chi connectivity index (χ3v) is 7.61. The minimum absolute atomic E-state index is 0.486. The van der Waals surface area contributed by atoms with Crippen LogP contribution in [-0.4, -0.2) is 72.8 Å². The van der Waals surface area contributed by atoms with E-state index in [1.807, 2.05) is 17.5 Å². The Labute approximate surface area is 142 Å². The molecule has 1 aromatic heterocycles. The first-order valence-corrected chi connectivity index (χ1v) is 10.5. The number of nitrogens with zero attached hydrogens (tertiary/aromatic N) is 3. The van der Waals surface area contributed by atoms with Crippen molar-refractivity contribution in [3.05, 3.63) is 22.4 Å². The van der Waals surface area contributed by atoms with Gasteiger partial charge in [0.1, 0.15) is 6.10 Å². The number of hydrogen-bond donors (Lipinski definition) is 1. The van der Waals surface area contributed by atoms with Gasteiger partial charge >= 0.3 is 0 Å². The van der Waals surface area contributed by atoms with Crippen molar-refractivity contribution in [2.24, 2.45) is 0 Å². The molecule has 0 spiro atoms. The van der Waals surface area contributed by atoms with Crippen LogP contribution in [0.5, 0.6) is 0 Å². The molecule has 6 nitrogen and oxygen atoms in total. The molecule has 0 aromatic carbocycles. The van der Waals surface area contributed by atoms with Crippen LogP contribution in [0.25, 0.3) is 0 Å². The lowest BCUT2D eigenvalue weighted by molar-refractivity contribution is 0.0925. The van der Waals surface area contributed by atoms with Gasteiger partial charge in [0, 0.05) is 50.7 Å². The summed E-state index contributed by atoms with van der Waals surface area (Å²) >= 11 is 1.55. The van der Waals surface area contributed by atoms with Gasteiger partial charge in [0.2, 0.25) is 0 Å². The molecule has 0 amide bonds. The highest BCUT2D eigenvalue weighted by Crippen LogP contribution is 2.22. The molecule has 1 unspecified atom stereocenters. The lowest BCUT2D eigenvalue weighted by Gasteiger charge is -2.38. The molecule has 8 heteroatoms. The number of aliphatic hydroxyl groups excluding tert-OH is 1. The van der Waals surface area contributed by atoms with Crippen molar-refractivity contribution in [3.63, 3.8) is 0 Å². The first-order chi connectivity index (χ1) is 11.1. The summed E-state index contributed by atoms with van der Waals surface area (Å²) in [4.78, 5) is 3.11. The van der Waals surface area contributed by atoms with E-state index in [2.05, 4.69) is 4.90 Å². The highest BCUT2D eigenvalue weighted by atomic mass is 32.2. The normalized spacial score (nSPS) is 23.9. The van der Waals surface area contributed by atoms with Crippen molar-refractivity contribution in [1.29, 1.82) is 0 Å². The van der Waals surface area contributed by atoms with E-state index in [0.29, 0.717) is 45.8 Å². The molecule has 2 aliphatic heterocycles. The number of rotatable bonds is 5. The topological polar surface area (TPSA) is 64.1 Å². The molecular weight excluding hydrogens is 334 g/mol. The first-order valence-electron chi connectivity index (χ1n) is 8.26. The van der Waals surface area contributed by atoms with E-state index in [0.717, 1.165) is 24.1 Å². The van der Waals surface area contributed by atoms with Gasteiger partial charge in [-0.05, 0) is 24.3 Å². The minimum atomic E-state index is -3.30. The number of hydrogen-bond acceptors (Lipinski definition) is 5. The van der Waals surface area contributed by atoms with Crippen molar-refractivity contribution in [3.8, 4) is 0 Å². The Kier molecular flexibility index (Phi) is 5.71. The summed E-state index contributed by atoms with van der Waals surface area (Å²) in [6, 6.07) is 3.87.